The summed E-state index contributed by atoms with van der Waals surface area (Å²) in [5.41, 5.74) is 0. The van der Waals surface area contributed by atoms with Crippen LogP contribution in [0.15, 0.2) is 97.2 Å². The van der Waals surface area contributed by atoms with Crippen LogP contribution < -0.4 is 0 Å². The minimum Gasteiger partial charge on any atom is -0.462 e. The number of carbonyl (C=O) groups is 3. The summed E-state index contributed by atoms with van der Waals surface area (Å²) in [4.78, 5) is 38.1. The summed E-state index contributed by atoms with van der Waals surface area (Å²) in [7, 11) is 0. The van der Waals surface area contributed by atoms with E-state index in [1.54, 1.807) is 0 Å². The van der Waals surface area contributed by atoms with Gasteiger partial charge in [0.05, 0.1) is 0 Å². The first-order chi connectivity index (χ1) is 34.0. The highest BCUT2D eigenvalue weighted by molar-refractivity contribution is 5.71. The minimum absolute atomic E-state index is 0.0976. The van der Waals surface area contributed by atoms with Crippen LogP contribution in [0.4, 0.5) is 0 Å². The van der Waals surface area contributed by atoms with Gasteiger partial charge < -0.3 is 14.2 Å². The number of unbranched alkanes of at least 4 members (excludes halogenated alkanes) is 24. The summed E-state index contributed by atoms with van der Waals surface area (Å²) in [6.07, 6.45) is 75.4. The third-order valence-electron chi connectivity index (χ3n) is 12.1. The second kappa shape index (κ2) is 56.9. The molecule has 0 rings (SSSR count). The maximum Gasteiger partial charge on any atom is 0.306 e. The highest BCUT2D eigenvalue weighted by atomic mass is 16.6. The van der Waals surface area contributed by atoms with Crippen molar-refractivity contribution in [2.75, 3.05) is 13.2 Å². The largest absolute Gasteiger partial charge is 0.462 e. The molecule has 0 radical (unpaired) electrons. The molecule has 0 saturated carbocycles. The first-order valence-corrected chi connectivity index (χ1v) is 28.7. The second-order valence-electron chi connectivity index (χ2n) is 18.8. The van der Waals surface area contributed by atoms with E-state index in [9.17, 15) is 14.4 Å². The van der Waals surface area contributed by atoms with E-state index in [1.165, 1.54) is 103 Å². The van der Waals surface area contributed by atoms with E-state index in [0.717, 1.165) is 122 Å². The van der Waals surface area contributed by atoms with Gasteiger partial charge in [0, 0.05) is 19.3 Å². The van der Waals surface area contributed by atoms with Crippen molar-refractivity contribution in [2.45, 2.75) is 271 Å². The molecule has 0 aliphatic carbocycles. The molecule has 0 aromatic rings. The van der Waals surface area contributed by atoms with Gasteiger partial charge in [-0.3, -0.25) is 14.4 Å². The van der Waals surface area contributed by atoms with Crippen LogP contribution in [0.1, 0.15) is 265 Å². The molecule has 0 bridgehead atoms. The number of rotatable bonds is 51. The lowest BCUT2D eigenvalue weighted by molar-refractivity contribution is -0.167. The molecule has 394 valence electrons. The van der Waals surface area contributed by atoms with Gasteiger partial charge in [0.1, 0.15) is 13.2 Å². The molecule has 0 aliphatic rings. The number of ether oxygens (including phenoxy) is 3. The molecule has 0 aromatic carbocycles. The van der Waals surface area contributed by atoms with Crippen LogP contribution in [0.25, 0.3) is 0 Å². The quantitative estimate of drug-likeness (QED) is 0.0262. The average Bonchev–Trinajstić information content (AvgIpc) is 3.35. The summed E-state index contributed by atoms with van der Waals surface area (Å²) in [6.45, 7) is 6.45. The third-order valence-corrected chi connectivity index (χ3v) is 12.1. The van der Waals surface area contributed by atoms with Crippen LogP contribution in [-0.4, -0.2) is 37.2 Å². The molecule has 0 aliphatic heterocycles. The Morgan fingerprint density at radius 2 is 0.580 bits per heavy atom. The van der Waals surface area contributed by atoms with Crippen molar-refractivity contribution in [2.24, 2.45) is 0 Å². The van der Waals surface area contributed by atoms with Crippen molar-refractivity contribution in [1.29, 1.82) is 0 Å². The van der Waals surface area contributed by atoms with E-state index in [-0.39, 0.29) is 31.1 Å². The van der Waals surface area contributed by atoms with Crippen molar-refractivity contribution in [1.82, 2.24) is 0 Å². The first kappa shape index (κ1) is 65.3. The molecule has 0 saturated heterocycles. The van der Waals surface area contributed by atoms with Gasteiger partial charge in [0.15, 0.2) is 6.10 Å². The monoisotopic (exact) mass is 959 g/mol. The maximum atomic E-state index is 12.9. The smallest absolute Gasteiger partial charge is 0.306 e. The Morgan fingerprint density at radius 1 is 0.304 bits per heavy atom. The van der Waals surface area contributed by atoms with Crippen LogP contribution in [-0.2, 0) is 28.6 Å². The summed E-state index contributed by atoms with van der Waals surface area (Å²) < 4.78 is 16.8. The fraction of sp³-hybridized carbons (Fsp3) is 0.698. The minimum atomic E-state index is -0.801. The van der Waals surface area contributed by atoms with Gasteiger partial charge in [-0.05, 0) is 96.3 Å². The highest BCUT2D eigenvalue weighted by Crippen LogP contribution is 2.15. The van der Waals surface area contributed by atoms with E-state index in [1.807, 2.05) is 0 Å². The van der Waals surface area contributed by atoms with Crippen LogP contribution in [0, 0.1) is 0 Å². The molecule has 6 nitrogen and oxygen atoms in total. The molecule has 1 unspecified atom stereocenters. The second-order valence-corrected chi connectivity index (χ2v) is 18.8. The van der Waals surface area contributed by atoms with E-state index in [0.29, 0.717) is 19.3 Å². The molecule has 0 N–H and O–H groups in total. The summed E-state index contributed by atoms with van der Waals surface area (Å²) in [5, 5.41) is 0. The maximum absolute atomic E-state index is 12.9. The normalized spacial score (nSPS) is 12.8. The lowest BCUT2D eigenvalue weighted by Crippen LogP contribution is -2.30. The SMILES string of the molecule is CC/C=C\C/C=C\C/C=C\C/C=C\C/C=C\C/C=C\CCCCC(=O)OCC(COC(=O)CCCCCCC/C=C\C/C=C\CCCC)OC(=O)CCCCCCCCCCCCCCCCCC. The van der Waals surface area contributed by atoms with Crippen LogP contribution in [0.5, 0.6) is 0 Å². The third kappa shape index (κ3) is 55.1. The molecule has 69 heavy (non-hydrogen) atoms. The van der Waals surface area contributed by atoms with E-state index < -0.39 is 6.10 Å². The predicted octanol–water partition coefficient (Wildman–Crippen LogP) is 19.3. The fourth-order valence-electron chi connectivity index (χ4n) is 7.76. The Hall–Kier alpha value is -3.67. The van der Waals surface area contributed by atoms with Gasteiger partial charge in [-0.1, -0.05) is 246 Å². The van der Waals surface area contributed by atoms with Gasteiger partial charge >= 0.3 is 17.9 Å². The van der Waals surface area contributed by atoms with Gasteiger partial charge in [-0.15, -0.1) is 0 Å². The number of allylic oxidation sites excluding steroid dienone is 16. The first-order valence-electron chi connectivity index (χ1n) is 28.7. The number of hydrogen-bond acceptors (Lipinski definition) is 6. The molecular weight excluding hydrogens is 853 g/mol. The Balaban J connectivity index is 4.47. The lowest BCUT2D eigenvalue weighted by Gasteiger charge is -2.18. The zero-order valence-corrected chi connectivity index (χ0v) is 45.0. The molecule has 0 fully saturated rings. The van der Waals surface area contributed by atoms with E-state index >= 15 is 0 Å². The zero-order valence-electron chi connectivity index (χ0n) is 45.0. The lowest BCUT2D eigenvalue weighted by atomic mass is 10.0. The molecule has 6 heteroatoms. The van der Waals surface area contributed by atoms with Crippen molar-refractivity contribution in [3.63, 3.8) is 0 Å². The molecular formula is C63H106O6. The molecule has 0 aromatic heterocycles. The zero-order chi connectivity index (χ0) is 50.0. The van der Waals surface area contributed by atoms with Gasteiger partial charge in [-0.25, -0.2) is 0 Å². The van der Waals surface area contributed by atoms with Crippen LogP contribution in [0.2, 0.25) is 0 Å². The van der Waals surface area contributed by atoms with Crippen molar-refractivity contribution < 1.29 is 28.6 Å². The molecule has 0 spiro atoms. The topological polar surface area (TPSA) is 78.9 Å². The van der Waals surface area contributed by atoms with Crippen molar-refractivity contribution >= 4 is 17.9 Å². The molecule has 0 heterocycles. The Kier molecular flexibility index (Phi) is 53.9. The predicted molar refractivity (Wildman–Crippen MR) is 297 cm³/mol. The van der Waals surface area contributed by atoms with Crippen molar-refractivity contribution in [3.8, 4) is 0 Å². The summed E-state index contributed by atoms with van der Waals surface area (Å²) in [6, 6.07) is 0. The van der Waals surface area contributed by atoms with E-state index in [2.05, 4.69) is 118 Å². The van der Waals surface area contributed by atoms with Crippen molar-refractivity contribution in [3.05, 3.63) is 97.2 Å². The van der Waals surface area contributed by atoms with Gasteiger partial charge in [0.2, 0.25) is 0 Å². The standard InChI is InChI=1S/C63H106O6/c1-4-7-10-13-16-19-22-25-28-30-31-32-33-34-36-38-41-44-47-50-53-56-62(65)68-59-60(58-67-61(64)55-52-49-46-43-40-37-27-24-21-18-15-12-9-6-3)69-63(66)57-54-51-48-45-42-39-35-29-26-23-20-17-14-11-8-5-2/h7,10,15-16,18-19,24-25,27-28,31-32,34,36,41,44,60H,4-6,8-9,11-14,17,20-23,26,29-30,33,35,37-40,42-43,45-59H2,1-3H3/b10-7-,18-15-,19-16-,27-24-,28-25-,32-31-,36-34-,44-41-. The highest BCUT2D eigenvalue weighted by Gasteiger charge is 2.19. The molecule has 1 atom stereocenters. The number of hydrogen-bond donors (Lipinski definition) is 0. The van der Waals surface area contributed by atoms with Crippen LogP contribution in [0.3, 0.4) is 0 Å². The van der Waals surface area contributed by atoms with Gasteiger partial charge in [-0.2, -0.15) is 0 Å². The van der Waals surface area contributed by atoms with E-state index in [4.69, 9.17) is 14.2 Å². The molecule has 0 amide bonds. The summed E-state index contributed by atoms with van der Waals surface area (Å²) in [5.74, 6) is -0.950. The number of esters is 3. The van der Waals surface area contributed by atoms with Gasteiger partial charge in [0.25, 0.3) is 0 Å². The summed E-state index contributed by atoms with van der Waals surface area (Å²) >= 11 is 0. The number of carbonyl (C=O) groups excluding carboxylic acids is 3. The average molecular weight is 960 g/mol. The Morgan fingerprint density at radius 3 is 0.957 bits per heavy atom. The Labute approximate surface area is 426 Å². The fourth-order valence-corrected chi connectivity index (χ4v) is 7.76. The Bertz CT molecular complexity index is 1380. The van der Waals surface area contributed by atoms with Crippen LogP contribution >= 0.6 is 0 Å².